The third-order valence-corrected chi connectivity index (χ3v) is 3.89. The molecule has 0 radical (unpaired) electrons. The van der Waals surface area contributed by atoms with E-state index in [-0.39, 0.29) is 5.97 Å². The minimum atomic E-state index is -0.363. The Bertz CT molecular complexity index is 867. The van der Waals surface area contributed by atoms with Crippen LogP contribution in [0.4, 0.5) is 0 Å². The summed E-state index contributed by atoms with van der Waals surface area (Å²) in [6.45, 7) is 2.54. The van der Waals surface area contributed by atoms with E-state index in [0.717, 1.165) is 28.1 Å². The first-order chi connectivity index (χ1) is 11.6. The second-order valence-electron chi connectivity index (χ2n) is 5.55. The number of rotatable bonds is 4. The van der Waals surface area contributed by atoms with Gasteiger partial charge in [-0.15, -0.1) is 0 Å². The normalized spacial score (nSPS) is 10.6. The minimum Gasteiger partial charge on any atom is -0.465 e. The molecule has 0 saturated carbocycles. The lowest BCUT2D eigenvalue weighted by Gasteiger charge is -2.04. The van der Waals surface area contributed by atoms with Gasteiger partial charge in [-0.1, -0.05) is 30.3 Å². The van der Waals surface area contributed by atoms with Gasteiger partial charge in [0.2, 0.25) is 0 Å². The molecule has 0 aliphatic rings. The first-order valence-electron chi connectivity index (χ1n) is 7.67. The second kappa shape index (κ2) is 6.68. The maximum Gasteiger partial charge on any atom is 0.337 e. The first kappa shape index (κ1) is 16.0. The summed E-state index contributed by atoms with van der Waals surface area (Å²) < 4.78 is 6.54. The Balaban J connectivity index is 1.98. The molecule has 1 aromatic heterocycles. The number of aryl methyl sites for hydroxylation is 1. The van der Waals surface area contributed by atoms with Crippen LogP contribution in [0.15, 0.2) is 54.7 Å². The van der Waals surface area contributed by atoms with E-state index >= 15 is 0 Å². The van der Waals surface area contributed by atoms with Crippen LogP contribution in [0.2, 0.25) is 0 Å². The van der Waals surface area contributed by atoms with E-state index in [1.807, 2.05) is 49.5 Å². The van der Waals surface area contributed by atoms with E-state index in [1.165, 1.54) is 7.11 Å². The number of hydrogen-bond acceptors (Lipinski definition) is 4. The number of methoxy groups -OCH3 is 1. The molecule has 0 spiro atoms. The maximum absolute atomic E-state index is 11.7. The highest BCUT2D eigenvalue weighted by atomic mass is 16.5. The molecule has 3 aromatic rings. The average molecular weight is 321 g/mol. The predicted octanol–water partition coefficient (Wildman–Crippen LogP) is 3.09. The first-order valence-corrected chi connectivity index (χ1v) is 7.67. The average Bonchev–Trinajstić information content (AvgIpc) is 3.03. The largest absolute Gasteiger partial charge is 0.465 e. The van der Waals surface area contributed by atoms with Crippen LogP contribution >= 0.6 is 0 Å². The lowest BCUT2D eigenvalue weighted by Crippen LogP contribution is -2.03. The van der Waals surface area contributed by atoms with E-state index in [1.54, 1.807) is 16.8 Å². The van der Waals surface area contributed by atoms with E-state index in [4.69, 9.17) is 10.5 Å². The van der Waals surface area contributed by atoms with Crippen molar-refractivity contribution < 1.29 is 9.53 Å². The molecule has 5 heteroatoms. The fraction of sp³-hybridized carbons (Fsp3) is 0.158. The summed E-state index contributed by atoms with van der Waals surface area (Å²) in [5.74, 6) is -0.363. The highest BCUT2D eigenvalue weighted by Gasteiger charge is 2.11. The Kier molecular flexibility index (Phi) is 4.44. The van der Waals surface area contributed by atoms with Gasteiger partial charge in [-0.3, -0.25) is 0 Å². The molecule has 0 fully saturated rings. The van der Waals surface area contributed by atoms with Gasteiger partial charge in [-0.05, 0) is 36.2 Å². The number of ether oxygens (including phenoxy) is 1. The van der Waals surface area contributed by atoms with Gasteiger partial charge in [0.1, 0.15) is 0 Å². The molecule has 0 unspecified atom stereocenters. The summed E-state index contributed by atoms with van der Waals surface area (Å²) in [6, 6.07) is 15.3. The molecule has 122 valence electrons. The van der Waals surface area contributed by atoms with Crippen molar-refractivity contribution in [3.63, 3.8) is 0 Å². The van der Waals surface area contributed by atoms with Crippen molar-refractivity contribution in [2.75, 3.05) is 7.11 Å². The van der Waals surface area contributed by atoms with Crippen LogP contribution in [0.5, 0.6) is 0 Å². The Morgan fingerprint density at radius 3 is 2.62 bits per heavy atom. The number of nitrogens with two attached hydrogens (primary N) is 1. The van der Waals surface area contributed by atoms with E-state index in [2.05, 4.69) is 5.10 Å². The highest BCUT2D eigenvalue weighted by Crippen LogP contribution is 2.23. The van der Waals surface area contributed by atoms with Gasteiger partial charge in [0.25, 0.3) is 0 Å². The minimum absolute atomic E-state index is 0.363. The number of nitrogens with zero attached hydrogens (tertiary/aromatic N) is 2. The van der Waals surface area contributed by atoms with E-state index in [0.29, 0.717) is 12.1 Å². The lowest BCUT2D eigenvalue weighted by atomic mass is 10.1. The second-order valence-corrected chi connectivity index (χ2v) is 5.55. The van der Waals surface area contributed by atoms with Gasteiger partial charge >= 0.3 is 5.97 Å². The molecule has 2 aromatic carbocycles. The summed E-state index contributed by atoms with van der Waals surface area (Å²) in [5, 5.41) is 4.67. The molecule has 1 heterocycles. The standard InChI is InChI=1S/C19H19N3O2/c1-13-12-22(17-5-3-4-16(10-17)19(23)24-2)21-18(13)15-8-6-14(11-20)7-9-15/h3-10,12H,11,20H2,1-2H3. The quantitative estimate of drug-likeness (QED) is 0.750. The number of carbonyl (C=O) groups excluding carboxylic acids is 1. The zero-order chi connectivity index (χ0) is 17.1. The predicted molar refractivity (Wildman–Crippen MR) is 93.0 cm³/mol. The number of esters is 1. The molecule has 5 nitrogen and oxygen atoms in total. The van der Waals surface area contributed by atoms with Crippen LogP contribution in [0.1, 0.15) is 21.5 Å². The number of aromatic nitrogens is 2. The zero-order valence-corrected chi connectivity index (χ0v) is 13.7. The molecule has 0 amide bonds. The Morgan fingerprint density at radius 1 is 1.21 bits per heavy atom. The SMILES string of the molecule is COC(=O)c1cccc(-n2cc(C)c(-c3ccc(CN)cc3)n2)c1. The molecule has 0 saturated heterocycles. The van der Waals surface area contributed by atoms with Crippen molar-refractivity contribution in [3.05, 3.63) is 71.4 Å². The molecule has 3 rings (SSSR count). The highest BCUT2D eigenvalue weighted by molar-refractivity contribution is 5.89. The smallest absolute Gasteiger partial charge is 0.337 e. The third kappa shape index (κ3) is 3.07. The van der Waals surface area contributed by atoms with Crippen molar-refractivity contribution in [2.24, 2.45) is 5.73 Å². The number of carbonyl (C=O) groups is 1. The van der Waals surface area contributed by atoms with Crippen LogP contribution in [0.25, 0.3) is 16.9 Å². The molecule has 0 atom stereocenters. The summed E-state index contributed by atoms with van der Waals surface area (Å²) in [4.78, 5) is 11.7. The molecule has 2 N–H and O–H groups in total. The Hall–Kier alpha value is -2.92. The molecule has 0 aliphatic carbocycles. The van der Waals surface area contributed by atoms with Crippen molar-refractivity contribution in [1.29, 1.82) is 0 Å². The number of benzene rings is 2. The summed E-state index contributed by atoms with van der Waals surface area (Å²) in [7, 11) is 1.37. The molecule has 24 heavy (non-hydrogen) atoms. The van der Waals surface area contributed by atoms with Crippen molar-refractivity contribution in [2.45, 2.75) is 13.5 Å². The van der Waals surface area contributed by atoms with Crippen LogP contribution in [-0.2, 0) is 11.3 Å². The van der Waals surface area contributed by atoms with Crippen molar-refractivity contribution in [1.82, 2.24) is 9.78 Å². The van der Waals surface area contributed by atoms with Crippen molar-refractivity contribution >= 4 is 5.97 Å². The van der Waals surface area contributed by atoms with Gasteiger partial charge in [0, 0.05) is 18.3 Å². The summed E-state index contributed by atoms with van der Waals surface area (Å²) in [5.41, 5.74) is 11.0. The number of hydrogen-bond donors (Lipinski definition) is 1. The van der Waals surface area contributed by atoms with Crippen LogP contribution in [0.3, 0.4) is 0 Å². The van der Waals surface area contributed by atoms with E-state index < -0.39 is 0 Å². The molecular formula is C19H19N3O2. The monoisotopic (exact) mass is 321 g/mol. The van der Waals surface area contributed by atoms with Crippen molar-refractivity contribution in [3.8, 4) is 16.9 Å². The van der Waals surface area contributed by atoms with Gasteiger partial charge in [0.15, 0.2) is 0 Å². The van der Waals surface area contributed by atoms with Crippen LogP contribution in [0, 0.1) is 6.92 Å². The zero-order valence-electron chi connectivity index (χ0n) is 13.7. The Labute approximate surface area is 140 Å². The molecule has 0 bridgehead atoms. The maximum atomic E-state index is 11.7. The third-order valence-electron chi connectivity index (χ3n) is 3.89. The lowest BCUT2D eigenvalue weighted by molar-refractivity contribution is 0.0600. The van der Waals surface area contributed by atoms with Crippen LogP contribution < -0.4 is 5.73 Å². The van der Waals surface area contributed by atoms with Crippen LogP contribution in [-0.4, -0.2) is 22.9 Å². The van der Waals surface area contributed by atoms with Gasteiger partial charge in [-0.2, -0.15) is 5.10 Å². The van der Waals surface area contributed by atoms with Gasteiger partial charge < -0.3 is 10.5 Å². The Morgan fingerprint density at radius 2 is 1.96 bits per heavy atom. The fourth-order valence-electron chi connectivity index (χ4n) is 2.57. The van der Waals surface area contributed by atoms with E-state index in [9.17, 15) is 4.79 Å². The molecular weight excluding hydrogens is 302 g/mol. The molecule has 0 aliphatic heterocycles. The van der Waals surface area contributed by atoms with Gasteiger partial charge in [-0.25, -0.2) is 9.48 Å². The topological polar surface area (TPSA) is 70.1 Å². The fourth-order valence-corrected chi connectivity index (χ4v) is 2.57. The van der Waals surface area contributed by atoms with Gasteiger partial charge in [0.05, 0.1) is 24.1 Å². The summed E-state index contributed by atoms with van der Waals surface area (Å²) >= 11 is 0. The summed E-state index contributed by atoms with van der Waals surface area (Å²) in [6.07, 6.45) is 1.95.